The molecule has 0 aromatic rings. The molecule has 1 aliphatic rings. The summed E-state index contributed by atoms with van der Waals surface area (Å²) < 4.78 is 15.4. The molecule has 7 heteroatoms. The maximum absolute atomic E-state index is 11.9. The van der Waals surface area contributed by atoms with Gasteiger partial charge in [-0.25, -0.2) is 0 Å². The number of nitrogens with zero attached hydrogens (tertiary/aromatic N) is 1. The molecule has 1 amide bonds. The second kappa shape index (κ2) is 10.5. The van der Waals surface area contributed by atoms with Crippen LogP contribution >= 0.6 is 0 Å². The number of likely N-dealkylation sites (tertiary alicyclic amines) is 1. The normalized spacial score (nSPS) is 16.1. The predicted octanol–water partition coefficient (Wildman–Crippen LogP) is 0.379. The minimum Gasteiger partial charge on any atom is -0.481 e. The van der Waals surface area contributed by atoms with Crippen molar-refractivity contribution in [3.63, 3.8) is 0 Å². The highest BCUT2D eigenvalue weighted by Crippen LogP contribution is 2.17. The minimum atomic E-state index is -0.771. The molecular formula is C14H25NO6. The Kier molecular flexibility index (Phi) is 8.96. The number of carbonyl (C=O) groups excluding carboxylic acids is 1. The molecule has 0 spiro atoms. The summed E-state index contributed by atoms with van der Waals surface area (Å²) in [6.07, 6.45) is 1.78. The van der Waals surface area contributed by atoms with Crippen molar-refractivity contribution in [2.45, 2.75) is 19.3 Å². The fourth-order valence-electron chi connectivity index (χ4n) is 2.13. The van der Waals surface area contributed by atoms with Crippen molar-refractivity contribution in [3.05, 3.63) is 0 Å². The molecule has 7 nitrogen and oxygen atoms in total. The second-order valence-corrected chi connectivity index (χ2v) is 5.00. The van der Waals surface area contributed by atoms with Crippen LogP contribution in [-0.4, -0.2) is 75.1 Å². The summed E-state index contributed by atoms with van der Waals surface area (Å²) in [6, 6.07) is 0. The zero-order valence-corrected chi connectivity index (χ0v) is 12.6. The van der Waals surface area contributed by atoms with E-state index in [4.69, 9.17) is 19.3 Å². The van der Waals surface area contributed by atoms with E-state index in [9.17, 15) is 9.59 Å². The molecule has 0 unspecified atom stereocenters. The van der Waals surface area contributed by atoms with Crippen molar-refractivity contribution in [1.82, 2.24) is 4.90 Å². The van der Waals surface area contributed by atoms with Gasteiger partial charge >= 0.3 is 5.97 Å². The lowest BCUT2D eigenvalue weighted by Gasteiger charge is -2.30. The van der Waals surface area contributed by atoms with Gasteiger partial charge < -0.3 is 24.2 Å². The highest BCUT2D eigenvalue weighted by atomic mass is 16.5. The molecule has 0 bridgehead atoms. The van der Waals surface area contributed by atoms with Gasteiger partial charge in [0.25, 0.3) is 0 Å². The first-order valence-electron chi connectivity index (χ1n) is 7.30. The number of piperidine rings is 1. The van der Waals surface area contributed by atoms with Crippen LogP contribution in [-0.2, 0) is 23.8 Å². The molecule has 21 heavy (non-hydrogen) atoms. The van der Waals surface area contributed by atoms with E-state index in [1.807, 2.05) is 0 Å². The van der Waals surface area contributed by atoms with Crippen LogP contribution in [0.2, 0.25) is 0 Å². The third kappa shape index (κ3) is 7.40. The number of carboxylic acid groups (broad SMARTS) is 1. The first-order chi connectivity index (χ1) is 10.1. The molecule has 1 rings (SSSR count). The first kappa shape index (κ1) is 17.9. The lowest BCUT2D eigenvalue weighted by molar-refractivity contribution is -0.146. The maximum Gasteiger partial charge on any atom is 0.306 e. The smallest absolute Gasteiger partial charge is 0.306 e. The Morgan fingerprint density at radius 2 is 1.76 bits per heavy atom. The Morgan fingerprint density at radius 1 is 1.10 bits per heavy atom. The lowest BCUT2D eigenvalue weighted by Crippen LogP contribution is -2.42. The van der Waals surface area contributed by atoms with Gasteiger partial charge in [0, 0.05) is 33.4 Å². The largest absolute Gasteiger partial charge is 0.481 e. The number of amides is 1. The summed E-state index contributed by atoms with van der Waals surface area (Å²) in [4.78, 5) is 24.4. The molecule has 0 radical (unpaired) electrons. The van der Waals surface area contributed by atoms with E-state index in [-0.39, 0.29) is 18.4 Å². The number of rotatable bonds is 10. The van der Waals surface area contributed by atoms with Crippen molar-refractivity contribution in [2.24, 2.45) is 5.92 Å². The topological polar surface area (TPSA) is 85.3 Å². The molecule has 1 fully saturated rings. The fourth-order valence-corrected chi connectivity index (χ4v) is 2.13. The van der Waals surface area contributed by atoms with E-state index in [1.54, 1.807) is 12.0 Å². The van der Waals surface area contributed by atoms with Gasteiger partial charge in [-0.15, -0.1) is 0 Å². The summed E-state index contributed by atoms with van der Waals surface area (Å²) in [5.74, 6) is -1.16. The van der Waals surface area contributed by atoms with Gasteiger partial charge in [-0.1, -0.05) is 0 Å². The molecule has 0 saturated carbocycles. The number of carbonyl (C=O) groups is 2. The Labute approximate surface area is 125 Å². The van der Waals surface area contributed by atoms with E-state index >= 15 is 0 Å². The summed E-state index contributed by atoms with van der Waals surface area (Å²) in [5, 5.41) is 8.89. The fraction of sp³-hybridized carbons (Fsp3) is 0.857. The number of methoxy groups -OCH3 is 1. The molecule has 0 atom stereocenters. The van der Waals surface area contributed by atoms with E-state index in [1.165, 1.54) is 0 Å². The van der Waals surface area contributed by atoms with E-state index < -0.39 is 5.97 Å². The Bertz CT molecular complexity index is 315. The van der Waals surface area contributed by atoms with Crippen LogP contribution in [0, 0.1) is 5.92 Å². The molecular weight excluding hydrogens is 278 g/mol. The summed E-state index contributed by atoms with van der Waals surface area (Å²) >= 11 is 0. The van der Waals surface area contributed by atoms with Gasteiger partial charge in [-0.2, -0.15) is 0 Å². The minimum absolute atomic E-state index is 0.0514. The molecule has 1 aliphatic heterocycles. The molecule has 122 valence electrons. The molecule has 1 N–H and O–H groups in total. The zero-order valence-electron chi connectivity index (χ0n) is 12.6. The third-order valence-corrected chi connectivity index (χ3v) is 3.43. The molecule has 0 aliphatic carbocycles. The van der Waals surface area contributed by atoms with Crippen molar-refractivity contribution in [1.29, 1.82) is 0 Å². The summed E-state index contributed by atoms with van der Waals surface area (Å²) in [6.45, 7) is 3.25. The average molecular weight is 303 g/mol. The monoisotopic (exact) mass is 303 g/mol. The van der Waals surface area contributed by atoms with E-state index in [0.29, 0.717) is 52.4 Å². The number of hydrogen-bond acceptors (Lipinski definition) is 5. The summed E-state index contributed by atoms with van der Waals surface area (Å²) in [5.41, 5.74) is 0. The van der Waals surface area contributed by atoms with Crippen molar-refractivity contribution in [2.75, 3.05) is 53.2 Å². The summed E-state index contributed by atoms with van der Waals surface area (Å²) in [7, 11) is 1.62. The lowest BCUT2D eigenvalue weighted by atomic mass is 9.97. The van der Waals surface area contributed by atoms with Crippen LogP contribution in [0.5, 0.6) is 0 Å². The number of ether oxygens (including phenoxy) is 3. The van der Waals surface area contributed by atoms with Crippen LogP contribution in [0.1, 0.15) is 19.3 Å². The highest BCUT2D eigenvalue weighted by Gasteiger charge is 2.26. The SMILES string of the molecule is COCCOCCCOCC(=O)N1CCC(C(=O)O)CC1. The van der Waals surface area contributed by atoms with Crippen molar-refractivity contribution in [3.8, 4) is 0 Å². The average Bonchev–Trinajstić information content (AvgIpc) is 2.49. The van der Waals surface area contributed by atoms with Crippen LogP contribution in [0.4, 0.5) is 0 Å². The Hall–Kier alpha value is -1.18. The zero-order chi connectivity index (χ0) is 15.5. The Morgan fingerprint density at radius 3 is 2.38 bits per heavy atom. The molecule has 1 saturated heterocycles. The highest BCUT2D eigenvalue weighted by molar-refractivity contribution is 5.78. The number of hydrogen-bond donors (Lipinski definition) is 1. The van der Waals surface area contributed by atoms with Gasteiger partial charge in [0.2, 0.25) is 5.91 Å². The number of carboxylic acids is 1. The van der Waals surface area contributed by atoms with E-state index in [2.05, 4.69) is 0 Å². The predicted molar refractivity (Wildman–Crippen MR) is 75.1 cm³/mol. The second-order valence-electron chi connectivity index (χ2n) is 5.00. The Balaban J connectivity index is 2.00. The maximum atomic E-state index is 11.9. The molecule has 1 heterocycles. The van der Waals surface area contributed by atoms with Gasteiger partial charge in [-0.3, -0.25) is 9.59 Å². The van der Waals surface area contributed by atoms with Crippen LogP contribution in [0.25, 0.3) is 0 Å². The van der Waals surface area contributed by atoms with Crippen LogP contribution in [0.3, 0.4) is 0 Å². The van der Waals surface area contributed by atoms with Gasteiger partial charge in [0.15, 0.2) is 0 Å². The van der Waals surface area contributed by atoms with Crippen molar-refractivity contribution < 1.29 is 28.9 Å². The third-order valence-electron chi connectivity index (χ3n) is 3.43. The first-order valence-corrected chi connectivity index (χ1v) is 7.30. The van der Waals surface area contributed by atoms with Crippen molar-refractivity contribution >= 4 is 11.9 Å². The quantitative estimate of drug-likeness (QED) is 0.587. The van der Waals surface area contributed by atoms with E-state index in [0.717, 1.165) is 6.42 Å². The van der Waals surface area contributed by atoms with Gasteiger partial charge in [0.1, 0.15) is 6.61 Å². The molecule has 0 aromatic heterocycles. The van der Waals surface area contributed by atoms with Crippen LogP contribution in [0.15, 0.2) is 0 Å². The molecule has 0 aromatic carbocycles. The van der Waals surface area contributed by atoms with Gasteiger partial charge in [0.05, 0.1) is 19.1 Å². The number of aliphatic carboxylic acids is 1. The van der Waals surface area contributed by atoms with Gasteiger partial charge in [-0.05, 0) is 19.3 Å². The van der Waals surface area contributed by atoms with Crippen LogP contribution < -0.4 is 0 Å². The standard InChI is InChI=1S/C14H25NO6/c1-19-9-10-20-7-2-8-21-11-13(16)15-5-3-12(4-6-15)14(17)18/h12H,2-11H2,1H3,(H,17,18).